The number of aromatic amines is 1. The number of halogens is 1. The highest BCUT2D eigenvalue weighted by Gasteiger charge is 2.19. The number of nitrogens with two attached hydrogens (primary N) is 1. The molecule has 1 saturated heterocycles. The zero-order valence-corrected chi connectivity index (χ0v) is 17.4. The van der Waals surface area contributed by atoms with Gasteiger partial charge >= 0.3 is 0 Å². The van der Waals surface area contributed by atoms with Crippen LogP contribution in [0.25, 0.3) is 10.9 Å². The second-order valence-electron chi connectivity index (χ2n) is 6.41. The zero-order chi connectivity index (χ0) is 17.8. The Kier molecular flexibility index (Phi) is 6.49. The van der Waals surface area contributed by atoms with Crippen molar-refractivity contribution in [1.29, 1.82) is 0 Å². The minimum absolute atomic E-state index is 0. The quantitative estimate of drug-likeness (QED) is 0.342. The average Bonchev–Trinajstić information content (AvgIpc) is 3.16. The van der Waals surface area contributed by atoms with E-state index in [2.05, 4.69) is 54.0 Å². The van der Waals surface area contributed by atoms with Crippen molar-refractivity contribution in [2.45, 2.75) is 6.42 Å². The van der Waals surface area contributed by atoms with Crippen LogP contribution in [0.4, 0.5) is 5.95 Å². The number of aromatic nitrogens is 3. The van der Waals surface area contributed by atoms with Crippen LogP contribution in [0.1, 0.15) is 5.56 Å². The normalized spacial score (nSPS) is 15.0. The Morgan fingerprint density at radius 3 is 2.67 bits per heavy atom. The topological polar surface area (TPSA) is 86.4 Å². The minimum Gasteiger partial charge on any atom is -0.370 e. The molecule has 2 aromatic heterocycles. The summed E-state index contributed by atoms with van der Waals surface area (Å²) >= 11 is 0. The summed E-state index contributed by atoms with van der Waals surface area (Å²) in [6, 6.07) is 10.4. The summed E-state index contributed by atoms with van der Waals surface area (Å²) < 4.78 is 0. The lowest BCUT2D eigenvalue weighted by atomic mass is 10.1. The average molecular weight is 477 g/mol. The van der Waals surface area contributed by atoms with Crippen molar-refractivity contribution in [2.75, 3.05) is 37.6 Å². The number of aliphatic imine (C=N–C) groups is 1. The lowest BCUT2D eigenvalue weighted by Crippen LogP contribution is -2.51. The van der Waals surface area contributed by atoms with E-state index in [9.17, 15) is 0 Å². The van der Waals surface area contributed by atoms with E-state index in [1.807, 2.05) is 12.3 Å². The number of H-pyrrole nitrogens is 1. The first-order chi connectivity index (χ1) is 12.8. The van der Waals surface area contributed by atoms with Crippen molar-refractivity contribution in [2.24, 2.45) is 10.7 Å². The van der Waals surface area contributed by atoms with Gasteiger partial charge in [0.25, 0.3) is 0 Å². The van der Waals surface area contributed by atoms with Gasteiger partial charge in [0.05, 0.1) is 0 Å². The molecule has 0 spiro atoms. The van der Waals surface area contributed by atoms with Crippen molar-refractivity contribution in [3.8, 4) is 0 Å². The number of hydrogen-bond acceptors (Lipinski definition) is 4. The van der Waals surface area contributed by atoms with Gasteiger partial charge in [0.1, 0.15) is 0 Å². The summed E-state index contributed by atoms with van der Waals surface area (Å²) in [5.41, 5.74) is 8.63. The SMILES string of the molecule is I.NC(=NCCc1ccc2[nH]ccc2c1)N1CCN(c2ncccn2)CC1. The lowest BCUT2D eigenvalue weighted by Gasteiger charge is -2.35. The molecule has 0 atom stereocenters. The molecule has 27 heavy (non-hydrogen) atoms. The fraction of sp³-hybridized carbons (Fsp3) is 0.316. The van der Waals surface area contributed by atoms with E-state index < -0.39 is 0 Å². The van der Waals surface area contributed by atoms with E-state index >= 15 is 0 Å². The van der Waals surface area contributed by atoms with Gasteiger partial charge in [-0.05, 0) is 41.6 Å². The number of fused-ring (bicyclic) bond motifs is 1. The Labute approximate surface area is 175 Å². The molecule has 0 amide bonds. The Morgan fingerprint density at radius 1 is 1.11 bits per heavy atom. The number of hydrogen-bond donors (Lipinski definition) is 2. The second kappa shape index (κ2) is 9.03. The van der Waals surface area contributed by atoms with Crippen LogP contribution in [-0.2, 0) is 6.42 Å². The van der Waals surface area contributed by atoms with E-state index in [1.165, 1.54) is 10.9 Å². The largest absolute Gasteiger partial charge is 0.370 e. The minimum atomic E-state index is 0. The summed E-state index contributed by atoms with van der Waals surface area (Å²) in [6.07, 6.45) is 6.40. The monoisotopic (exact) mass is 477 g/mol. The van der Waals surface area contributed by atoms with Crippen LogP contribution in [0.3, 0.4) is 0 Å². The Hall–Kier alpha value is -2.36. The highest BCUT2D eigenvalue weighted by Crippen LogP contribution is 2.15. The van der Waals surface area contributed by atoms with Gasteiger partial charge in [-0.3, -0.25) is 4.99 Å². The highest BCUT2D eigenvalue weighted by atomic mass is 127. The lowest BCUT2D eigenvalue weighted by molar-refractivity contribution is 0.378. The highest BCUT2D eigenvalue weighted by molar-refractivity contribution is 14.0. The van der Waals surface area contributed by atoms with Gasteiger partial charge in [0.15, 0.2) is 5.96 Å². The maximum atomic E-state index is 6.19. The summed E-state index contributed by atoms with van der Waals surface area (Å²) in [5, 5.41) is 1.23. The van der Waals surface area contributed by atoms with Crippen molar-refractivity contribution in [3.63, 3.8) is 0 Å². The summed E-state index contributed by atoms with van der Waals surface area (Å²) in [6.45, 7) is 4.07. The van der Waals surface area contributed by atoms with E-state index in [0.29, 0.717) is 12.5 Å². The van der Waals surface area contributed by atoms with Crippen molar-refractivity contribution < 1.29 is 0 Å². The number of nitrogens with one attached hydrogen (secondary N) is 1. The molecule has 4 rings (SSSR count). The van der Waals surface area contributed by atoms with Crippen LogP contribution in [0, 0.1) is 0 Å². The smallest absolute Gasteiger partial charge is 0.225 e. The van der Waals surface area contributed by atoms with Gasteiger partial charge in [0.2, 0.25) is 5.95 Å². The molecule has 3 aromatic rings. The Bertz CT molecular complexity index is 885. The molecule has 1 aliphatic heterocycles. The van der Waals surface area contributed by atoms with Crippen LogP contribution in [-0.4, -0.2) is 58.5 Å². The van der Waals surface area contributed by atoms with Crippen LogP contribution in [0.2, 0.25) is 0 Å². The molecule has 1 aromatic carbocycles. The zero-order valence-electron chi connectivity index (χ0n) is 15.1. The second-order valence-corrected chi connectivity index (χ2v) is 6.41. The van der Waals surface area contributed by atoms with Gasteiger partial charge in [0, 0.05) is 56.8 Å². The molecule has 0 saturated carbocycles. The van der Waals surface area contributed by atoms with E-state index in [4.69, 9.17) is 5.73 Å². The maximum Gasteiger partial charge on any atom is 0.225 e. The summed E-state index contributed by atoms with van der Waals surface area (Å²) in [4.78, 5) is 20.7. The number of piperazine rings is 1. The summed E-state index contributed by atoms with van der Waals surface area (Å²) in [5.74, 6) is 1.41. The van der Waals surface area contributed by atoms with E-state index in [-0.39, 0.29) is 24.0 Å². The van der Waals surface area contributed by atoms with Crippen LogP contribution in [0.5, 0.6) is 0 Å². The van der Waals surface area contributed by atoms with Crippen molar-refractivity contribution in [1.82, 2.24) is 19.9 Å². The molecule has 1 fully saturated rings. The first kappa shape index (κ1) is 19.4. The standard InChI is InChI=1S/C19H23N7.HI/c20-18(22-8-4-15-2-3-17-16(14-15)5-9-21-17)25-10-12-26(13-11-25)19-23-6-1-7-24-19;/h1-3,5-7,9,14,21H,4,8,10-13H2,(H2,20,22);1H. The molecule has 7 nitrogen and oxygen atoms in total. The molecule has 1 aliphatic rings. The Balaban J connectivity index is 0.00000210. The molecular formula is C19H24IN7. The molecule has 0 radical (unpaired) electrons. The van der Waals surface area contributed by atoms with E-state index in [1.54, 1.807) is 12.4 Å². The van der Waals surface area contributed by atoms with Gasteiger partial charge in [-0.25, -0.2) is 9.97 Å². The molecule has 142 valence electrons. The molecule has 3 heterocycles. The third-order valence-electron chi connectivity index (χ3n) is 4.73. The van der Waals surface area contributed by atoms with Crippen LogP contribution < -0.4 is 10.6 Å². The number of nitrogens with zero attached hydrogens (tertiary/aromatic N) is 5. The van der Waals surface area contributed by atoms with Crippen LogP contribution in [0.15, 0.2) is 53.9 Å². The van der Waals surface area contributed by atoms with Crippen LogP contribution >= 0.6 is 24.0 Å². The number of rotatable bonds is 4. The first-order valence-electron chi connectivity index (χ1n) is 8.92. The summed E-state index contributed by atoms with van der Waals surface area (Å²) in [7, 11) is 0. The van der Waals surface area contributed by atoms with E-state index in [0.717, 1.165) is 44.1 Å². The molecule has 0 aliphatic carbocycles. The molecule has 0 bridgehead atoms. The molecule has 3 N–H and O–H groups in total. The fourth-order valence-corrected chi connectivity index (χ4v) is 3.25. The van der Waals surface area contributed by atoms with Gasteiger partial charge in [-0.1, -0.05) is 6.07 Å². The molecular weight excluding hydrogens is 453 g/mol. The first-order valence-corrected chi connectivity index (χ1v) is 8.92. The number of guanidine groups is 1. The molecule has 8 heteroatoms. The Morgan fingerprint density at radius 2 is 1.89 bits per heavy atom. The predicted octanol–water partition coefficient (Wildman–Crippen LogP) is 2.26. The van der Waals surface area contributed by atoms with Crippen molar-refractivity contribution >= 4 is 46.8 Å². The predicted molar refractivity (Wildman–Crippen MR) is 120 cm³/mol. The van der Waals surface area contributed by atoms with Gasteiger partial charge in [-0.15, -0.1) is 24.0 Å². The third kappa shape index (κ3) is 4.68. The van der Waals surface area contributed by atoms with Gasteiger partial charge < -0.3 is 20.5 Å². The number of anilines is 1. The maximum absolute atomic E-state index is 6.19. The number of benzene rings is 1. The van der Waals surface area contributed by atoms with Crippen molar-refractivity contribution in [3.05, 3.63) is 54.5 Å². The fourth-order valence-electron chi connectivity index (χ4n) is 3.25. The van der Waals surface area contributed by atoms with Gasteiger partial charge in [-0.2, -0.15) is 0 Å². The molecule has 0 unspecified atom stereocenters. The third-order valence-corrected chi connectivity index (χ3v) is 4.73.